The predicted octanol–water partition coefficient (Wildman–Crippen LogP) is 1.41. The van der Waals surface area contributed by atoms with E-state index in [4.69, 9.17) is 11.6 Å². The van der Waals surface area contributed by atoms with Crippen molar-refractivity contribution in [1.82, 2.24) is 9.55 Å². The summed E-state index contributed by atoms with van der Waals surface area (Å²) in [5, 5.41) is 0.0761. The summed E-state index contributed by atoms with van der Waals surface area (Å²) in [6.45, 7) is 5.73. The van der Waals surface area contributed by atoms with E-state index in [1.54, 1.807) is 0 Å². The van der Waals surface area contributed by atoms with Gasteiger partial charge in [0.2, 0.25) is 0 Å². The van der Waals surface area contributed by atoms with Gasteiger partial charge in [-0.2, -0.15) is 0 Å². The molecular formula is C9H13ClN2O2. The molecule has 1 N–H and O–H groups in total. The van der Waals surface area contributed by atoms with Gasteiger partial charge in [0.05, 0.1) is 0 Å². The van der Waals surface area contributed by atoms with E-state index in [-0.39, 0.29) is 22.7 Å². The molecule has 1 aromatic rings. The molecule has 1 aromatic heterocycles. The Morgan fingerprint density at radius 3 is 2.36 bits per heavy atom. The van der Waals surface area contributed by atoms with E-state index in [2.05, 4.69) is 4.98 Å². The molecule has 0 aliphatic heterocycles. The number of aromatic amines is 1. The van der Waals surface area contributed by atoms with Crippen LogP contribution in [0.5, 0.6) is 0 Å². The van der Waals surface area contributed by atoms with Crippen molar-refractivity contribution < 1.29 is 0 Å². The lowest BCUT2D eigenvalue weighted by Crippen LogP contribution is -2.38. The van der Waals surface area contributed by atoms with Gasteiger partial charge in [-0.25, -0.2) is 4.79 Å². The quantitative estimate of drug-likeness (QED) is 0.760. The Bertz CT molecular complexity index is 402. The van der Waals surface area contributed by atoms with Gasteiger partial charge >= 0.3 is 5.69 Å². The molecule has 0 aromatic carbocycles. The number of halogens is 1. The Morgan fingerprint density at radius 1 is 1.36 bits per heavy atom. The maximum Gasteiger partial charge on any atom is 0.329 e. The first-order chi connectivity index (χ1) is 6.43. The van der Waals surface area contributed by atoms with E-state index in [1.165, 1.54) is 10.6 Å². The summed E-state index contributed by atoms with van der Waals surface area (Å²) in [7, 11) is 0. The van der Waals surface area contributed by atoms with Crippen LogP contribution >= 0.6 is 11.6 Å². The molecule has 0 fully saturated rings. The molecule has 0 aliphatic rings. The van der Waals surface area contributed by atoms with Crippen LogP contribution in [0.15, 0.2) is 15.7 Å². The average molecular weight is 217 g/mol. The van der Waals surface area contributed by atoms with Crippen LogP contribution in [0.1, 0.15) is 26.8 Å². The highest BCUT2D eigenvalue weighted by molar-refractivity contribution is 6.29. The Labute approximate surface area is 86.5 Å². The third kappa shape index (κ3) is 2.07. The molecule has 5 heteroatoms. The van der Waals surface area contributed by atoms with E-state index < -0.39 is 5.69 Å². The van der Waals surface area contributed by atoms with Gasteiger partial charge in [-0.3, -0.25) is 14.3 Å². The van der Waals surface area contributed by atoms with Crippen molar-refractivity contribution in [2.45, 2.75) is 26.8 Å². The first kappa shape index (κ1) is 11.0. The third-order valence-electron chi connectivity index (χ3n) is 2.30. The second-order valence-corrected chi connectivity index (χ2v) is 4.02. The monoisotopic (exact) mass is 216 g/mol. The maximum atomic E-state index is 11.5. The fourth-order valence-electron chi connectivity index (χ4n) is 1.16. The molecule has 1 rings (SSSR count). The highest BCUT2D eigenvalue weighted by Gasteiger charge is 2.14. The summed E-state index contributed by atoms with van der Waals surface area (Å²) in [6.07, 6.45) is 0. The minimum absolute atomic E-state index is 0.0761. The van der Waals surface area contributed by atoms with Crippen LogP contribution in [-0.2, 0) is 0 Å². The third-order valence-corrected chi connectivity index (χ3v) is 2.51. The number of H-pyrrole nitrogens is 1. The molecule has 78 valence electrons. The number of hydrogen-bond acceptors (Lipinski definition) is 2. The lowest BCUT2D eigenvalue weighted by Gasteiger charge is -2.17. The second-order valence-electron chi connectivity index (χ2n) is 3.62. The van der Waals surface area contributed by atoms with Crippen molar-refractivity contribution in [1.29, 1.82) is 0 Å². The highest BCUT2D eigenvalue weighted by Crippen LogP contribution is 2.12. The van der Waals surface area contributed by atoms with Crippen molar-refractivity contribution in [3.63, 3.8) is 0 Å². The van der Waals surface area contributed by atoms with E-state index in [9.17, 15) is 9.59 Å². The van der Waals surface area contributed by atoms with Gasteiger partial charge in [-0.05, 0) is 12.8 Å². The van der Waals surface area contributed by atoms with Gasteiger partial charge in [0.15, 0.2) is 0 Å². The Balaban J connectivity index is 3.36. The van der Waals surface area contributed by atoms with E-state index in [0.29, 0.717) is 0 Å². The highest BCUT2D eigenvalue weighted by atomic mass is 35.5. The summed E-state index contributed by atoms with van der Waals surface area (Å²) in [5.74, 6) is 0.218. The van der Waals surface area contributed by atoms with Crippen LogP contribution < -0.4 is 11.2 Å². The number of rotatable bonds is 2. The smallest absolute Gasteiger partial charge is 0.298 e. The van der Waals surface area contributed by atoms with Gasteiger partial charge < -0.3 is 0 Å². The van der Waals surface area contributed by atoms with Crippen LogP contribution in [0, 0.1) is 5.92 Å². The normalized spacial score (nSPS) is 13.2. The summed E-state index contributed by atoms with van der Waals surface area (Å²) in [6, 6.07) is 1.07. The molecule has 0 saturated carbocycles. The SMILES string of the molecule is CC(C)C(C)n1c(=O)cc(Cl)[nH]c1=O. The van der Waals surface area contributed by atoms with Gasteiger partial charge in [-0.15, -0.1) is 0 Å². The Hall–Kier alpha value is -1.03. The molecular weight excluding hydrogens is 204 g/mol. The fraction of sp³-hybridized carbons (Fsp3) is 0.556. The molecule has 0 aliphatic carbocycles. The summed E-state index contributed by atoms with van der Waals surface area (Å²) >= 11 is 5.54. The van der Waals surface area contributed by atoms with E-state index in [1.807, 2.05) is 20.8 Å². The number of nitrogens with zero attached hydrogens (tertiary/aromatic N) is 1. The summed E-state index contributed by atoms with van der Waals surface area (Å²) in [5.41, 5.74) is -0.816. The molecule has 4 nitrogen and oxygen atoms in total. The zero-order valence-electron chi connectivity index (χ0n) is 8.37. The molecule has 0 amide bonds. The topological polar surface area (TPSA) is 54.9 Å². The van der Waals surface area contributed by atoms with Crippen LogP contribution in [0.2, 0.25) is 5.15 Å². The molecule has 1 unspecified atom stereocenters. The van der Waals surface area contributed by atoms with Crippen LogP contribution in [-0.4, -0.2) is 9.55 Å². The second kappa shape index (κ2) is 4.00. The largest absolute Gasteiger partial charge is 0.329 e. The van der Waals surface area contributed by atoms with Crippen LogP contribution in [0.4, 0.5) is 0 Å². The number of nitrogens with one attached hydrogen (secondary N) is 1. The van der Waals surface area contributed by atoms with Crippen molar-refractivity contribution >= 4 is 11.6 Å². The lowest BCUT2D eigenvalue weighted by atomic mass is 10.1. The summed E-state index contributed by atoms with van der Waals surface area (Å²) < 4.78 is 1.18. The van der Waals surface area contributed by atoms with Crippen molar-refractivity contribution in [3.8, 4) is 0 Å². The molecule has 0 bridgehead atoms. The van der Waals surface area contributed by atoms with Gasteiger partial charge in [0.1, 0.15) is 5.15 Å². The molecule has 14 heavy (non-hydrogen) atoms. The molecule has 1 atom stereocenters. The number of hydrogen-bond donors (Lipinski definition) is 1. The van der Waals surface area contributed by atoms with Crippen LogP contribution in [0.3, 0.4) is 0 Å². The average Bonchev–Trinajstić information content (AvgIpc) is 2.01. The van der Waals surface area contributed by atoms with Gasteiger partial charge in [0, 0.05) is 12.1 Å². The Morgan fingerprint density at radius 2 is 1.93 bits per heavy atom. The lowest BCUT2D eigenvalue weighted by molar-refractivity contribution is 0.384. The van der Waals surface area contributed by atoms with Crippen molar-refractivity contribution in [3.05, 3.63) is 32.1 Å². The Kier molecular flexibility index (Phi) is 3.16. The van der Waals surface area contributed by atoms with Crippen molar-refractivity contribution in [2.75, 3.05) is 0 Å². The fourth-order valence-corrected chi connectivity index (χ4v) is 1.33. The van der Waals surface area contributed by atoms with Gasteiger partial charge in [0.25, 0.3) is 5.56 Å². The summed E-state index contributed by atoms with van der Waals surface area (Å²) in [4.78, 5) is 25.3. The van der Waals surface area contributed by atoms with E-state index in [0.717, 1.165) is 0 Å². The zero-order chi connectivity index (χ0) is 10.9. The molecule has 0 saturated heterocycles. The first-order valence-electron chi connectivity index (χ1n) is 4.45. The number of aromatic nitrogens is 2. The molecule has 1 heterocycles. The maximum absolute atomic E-state index is 11.5. The van der Waals surface area contributed by atoms with Crippen LogP contribution in [0.25, 0.3) is 0 Å². The molecule has 0 radical (unpaired) electrons. The zero-order valence-corrected chi connectivity index (χ0v) is 9.13. The minimum atomic E-state index is -0.455. The minimum Gasteiger partial charge on any atom is -0.298 e. The standard InChI is InChI=1S/C9H13ClN2O2/c1-5(2)6(3)12-8(13)4-7(10)11-9(12)14/h4-6H,1-3H3,(H,11,14). The van der Waals surface area contributed by atoms with Crippen molar-refractivity contribution in [2.24, 2.45) is 5.92 Å². The molecule has 0 spiro atoms. The predicted molar refractivity (Wildman–Crippen MR) is 55.9 cm³/mol. The van der Waals surface area contributed by atoms with Gasteiger partial charge in [-0.1, -0.05) is 25.4 Å². The first-order valence-corrected chi connectivity index (χ1v) is 4.82. The van der Waals surface area contributed by atoms with E-state index >= 15 is 0 Å².